The van der Waals surface area contributed by atoms with E-state index in [1.165, 1.54) is 0 Å². The number of phenolic OH excluding ortho intramolecular Hbond substituents is 2. The Hall–Kier alpha value is -2.26. The van der Waals surface area contributed by atoms with Crippen molar-refractivity contribution in [2.75, 3.05) is 0 Å². The smallest absolute Gasteiger partial charge is 0.507 e. The molecule has 0 unspecified atom stereocenters. The van der Waals surface area contributed by atoms with E-state index in [0.717, 1.165) is 59.1 Å². The summed E-state index contributed by atoms with van der Waals surface area (Å²) in [4.78, 5) is 9.57. The first-order chi connectivity index (χ1) is 15.1. The molecule has 1 aliphatic rings. The average Bonchev–Trinajstić information content (AvgIpc) is 2.71. The Morgan fingerprint density at radius 1 is 0.758 bits per heavy atom. The molecule has 1 fully saturated rings. The summed E-state index contributed by atoms with van der Waals surface area (Å²) in [6, 6.07) is 8.05. The number of aromatic hydroxyl groups is 2. The van der Waals surface area contributed by atoms with Crippen LogP contribution in [0.5, 0.6) is 11.5 Å². The number of benzene rings is 2. The van der Waals surface area contributed by atoms with Crippen LogP contribution < -0.4 is 0 Å². The van der Waals surface area contributed by atoms with Crippen LogP contribution in [0.15, 0.2) is 34.3 Å². The number of rotatable bonds is 4. The number of halogens is 3. The third kappa shape index (κ3) is 8.89. The van der Waals surface area contributed by atoms with Crippen molar-refractivity contribution in [1.82, 2.24) is 0 Å². The van der Waals surface area contributed by atoms with Crippen LogP contribution in [0.25, 0.3) is 0 Å². The molecule has 0 saturated heterocycles. The van der Waals surface area contributed by atoms with E-state index < -0.39 is 7.54 Å². The van der Waals surface area contributed by atoms with Gasteiger partial charge in [0.05, 0.1) is 12.1 Å². The maximum atomic E-state index is 10.3. The van der Waals surface area contributed by atoms with Crippen molar-refractivity contribution in [3.05, 3.63) is 57.6 Å². The Morgan fingerprint density at radius 3 is 1.42 bits per heavy atom. The van der Waals surface area contributed by atoms with E-state index >= 15 is 0 Å². The Labute approximate surface area is 204 Å². The molecule has 0 heterocycles. The van der Waals surface area contributed by atoms with E-state index in [0.29, 0.717) is 11.5 Å². The molecular weight excluding hydrogens is 475 g/mol. The van der Waals surface area contributed by atoms with Gasteiger partial charge in [0, 0.05) is 40.3 Å². The molecule has 2 N–H and O–H groups in total. The predicted molar refractivity (Wildman–Crippen MR) is 125 cm³/mol. The second-order valence-electron chi connectivity index (χ2n) is 8.26. The van der Waals surface area contributed by atoms with Crippen LogP contribution in [-0.2, 0) is 16.8 Å². The number of phenols is 2. The molecule has 9 heteroatoms. The van der Waals surface area contributed by atoms with Gasteiger partial charge >= 0.3 is 7.54 Å². The van der Waals surface area contributed by atoms with E-state index in [1.54, 1.807) is 12.4 Å². The van der Waals surface area contributed by atoms with Crippen LogP contribution in [0.2, 0.25) is 0 Å². The predicted octanol–water partition coefficient (Wildman–Crippen LogP) is 6.06. The average molecular weight is 505 g/mol. The molecule has 1 aliphatic carbocycles. The zero-order valence-corrected chi connectivity index (χ0v) is 20.3. The molecule has 3 rings (SSSR count). The van der Waals surface area contributed by atoms with E-state index in [-0.39, 0.29) is 28.9 Å². The second kappa shape index (κ2) is 13.4. The first-order valence-corrected chi connectivity index (χ1v) is 10.7. The van der Waals surface area contributed by atoms with Crippen molar-refractivity contribution in [1.29, 1.82) is 0 Å². The van der Waals surface area contributed by atoms with Crippen molar-refractivity contribution in [3.63, 3.8) is 0 Å². The van der Waals surface area contributed by atoms with Crippen LogP contribution in [-0.4, -0.2) is 42.3 Å². The molecular formula is C24H30BCoF3N2O2. The minimum Gasteiger partial charge on any atom is -0.507 e. The maximum absolute atomic E-state index is 10.3. The fourth-order valence-corrected chi connectivity index (χ4v) is 3.97. The number of hydrogen-bond acceptors (Lipinski definition) is 4. The van der Waals surface area contributed by atoms with Crippen LogP contribution in [0, 0.1) is 27.7 Å². The summed E-state index contributed by atoms with van der Waals surface area (Å²) in [7, 11) is -3.67. The van der Waals surface area contributed by atoms with Gasteiger partial charge in [-0.05, 0) is 74.9 Å². The van der Waals surface area contributed by atoms with Gasteiger partial charge in [0.15, 0.2) is 0 Å². The normalized spacial score (nSPS) is 18.0. The minimum atomic E-state index is -3.67. The Bertz CT molecular complexity index is 908. The van der Waals surface area contributed by atoms with Gasteiger partial charge in [-0.15, -0.1) is 0 Å². The molecule has 4 nitrogen and oxygen atoms in total. The van der Waals surface area contributed by atoms with Crippen LogP contribution >= 0.6 is 0 Å². The van der Waals surface area contributed by atoms with Crippen molar-refractivity contribution < 1.29 is 39.9 Å². The van der Waals surface area contributed by atoms with E-state index in [9.17, 15) is 23.2 Å². The Morgan fingerprint density at radius 2 is 1.09 bits per heavy atom. The fraction of sp³-hybridized carbons (Fsp3) is 0.417. The van der Waals surface area contributed by atoms with Gasteiger partial charge < -0.3 is 10.2 Å². The number of aryl methyl sites for hydroxylation is 4. The zero-order valence-electron chi connectivity index (χ0n) is 19.3. The molecule has 1 saturated carbocycles. The third-order valence-corrected chi connectivity index (χ3v) is 5.45. The number of hydrogen-bond donors (Lipinski definition) is 2. The standard InChI is InChI=1S/C24H30N2O2.BF3.Co/c1-15-9-17(3)23(27)19(11-15)13-25-21-7-5-6-8-22(21)26-14-20-12-16(2)10-18(4)24(20)28;2-1(3)4;/h9-14,21-22,27-28H,5-8H2,1-4H3;;/t21-,22-;;/m1../s1. The molecule has 33 heavy (non-hydrogen) atoms. The molecule has 181 valence electrons. The minimum absolute atomic E-state index is 0. The molecule has 2 aromatic carbocycles. The largest absolute Gasteiger partial charge is 0.762 e. The summed E-state index contributed by atoms with van der Waals surface area (Å²) < 4.78 is 29.0. The van der Waals surface area contributed by atoms with Gasteiger partial charge in [-0.1, -0.05) is 25.0 Å². The maximum Gasteiger partial charge on any atom is 0.762 e. The van der Waals surface area contributed by atoms with E-state index in [1.807, 2.05) is 52.0 Å². The summed E-state index contributed by atoms with van der Waals surface area (Å²) in [5.74, 6) is 0.593. The molecule has 0 aliphatic heterocycles. The molecule has 0 amide bonds. The zero-order chi connectivity index (χ0) is 23.8. The molecule has 2 aromatic rings. The molecule has 1 radical (unpaired) electrons. The molecule has 0 bridgehead atoms. The van der Waals surface area contributed by atoms with Gasteiger partial charge in [0.2, 0.25) is 0 Å². The van der Waals surface area contributed by atoms with Gasteiger partial charge in [0.1, 0.15) is 11.5 Å². The summed E-state index contributed by atoms with van der Waals surface area (Å²) in [6.45, 7) is 7.86. The quantitative estimate of drug-likeness (QED) is 0.392. The molecule has 0 spiro atoms. The van der Waals surface area contributed by atoms with Crippen molar-refractivity contribution in [2.45, 2.75) is 65.5 Å². The second-order valence-corrected chi connectivity index (χ2v) is 8.26. The summed E-state index contributed by atoms with van der Waals surface area (Å²) in [6.07, 6.45) is 7.85. The monoisotopic (exact) mass is 505 g/mol. The van der Waals surface area contributed by atoms with Crippen molar-refractivity contribution in [3.8, 4) is 11.5 Å². The fourth-order valence-electron chi connectivity index (χ4n) is 3.97. The van der Waals surface area contributed by atoms with Crippen molar-refractivity contribution in [2.24, 2.45) is 9.98 Å². The van der Waals surface area contributed by atoms with Gasteiger partial charge in [-0.3, -0.25) is 22.9 Å². The summed E-state index contributed by atoms with van der Waals surface area (Å²) >= 11 is 0. The molecule has 2 atom stereocenters. The van der Waals surface area contributed by atoms with E-state index in [2.05, 4.69) is 0 Å². The van der Waals surface area contributed by atoms with Gasteiger partial charge in [-0.2, -0.15) is 0 Å². The van der Waals surface area contributed by atoms with E-state index in [4.69, 9.17) is 9.98 Å². The number of aliphatic imine (C=N–C) groups is 2. The van der Waals surface area contributed by atoms with Gasteiger partial charge in [0.25, 0.3) is 0 Å². The van der Waals surface area contributed by atoms with Crippen LogP contribution in [0.1, 0.15) is 59.1 Å². The van der Waals surface area contributed by atoms with Gasteiger partial charge in [-0.25, -0.2) is 0 Å². The number of nitrogens with zero attached hydrogens (tertiary/aromatic N) is 2. The first-order valence-electron chi connectivity index (χ1n) is 10.7. The SMILES string of the molecule is Cc1cc(C)c(O)c(C=N[C@@H]2CCCC[C@H]2N=Cc2cc(C)cc(C)c2O)c1.FB(F)F.[Co]. The molecule has 0 aromatic heterocycles. The Kier molecular flexibility index (Phi) is 11.7. The van der Waals surface area contributed by atoms with Crippen molar-refractivity contribution >= 4 is 20.0 Å². The first kappa shape index (κ1) is 28.8. The third-order valence-electron chi connectivity index (χ3n) is 5.45. The van der Waals surface area contributed by atoms with Crippen LogP contribution in [0.3, 0.4) is 0 Å². The Balaban J connectivity index is 0.00000101. The summed E-state index contributed by atoms with van der Waals surface area (Å²) in [5, 5.41) is 20.6. The van der Waals surface area contributed by atoms with Crippen LogP contribution in [0.4, 0.5) is 12.9 Å². The summed E-state index contributed by atoms with van der Waals surface area (Å²) in [5.41, 5.74) is 5.48. The topological polar surface area (TPSA) is 65.2 Å².